The molecule has 2 aromatic rings. The fourth-order valence-corrected chi connectivity index (χ4v) is 2.98. The molecule has 1 fully saturated rings. The van der Waals surface area contributed by atoms with Gasteiger partial charge in [0.1, 0.15) is 0 Å². The summed E-state index contributed by atoms with van der Waals surface area (Å²) in [6, 6.07) is 10.1. The molecule has 1 aliphatic heterocycles. The Bertz CT molecular complexity index is 617. The minimum atomic E-state index is 0.744. The van der Waals surface area contributed by atoms with E-state index < -0.39 is 0 Å². The van der Waals surface area contributed by atoms with Gasteiger partial charge in [-0.15, -0.1) is 0 Å². The maximum atomic E-state index is 5.38. The Hall–Kier alpha value is -0.902. The molecular weight excluding hydrogens is 381 g/mol. The van der Waals surface area contributed by atoms with E-state index in [1.54, 1.807) is 0 Å². The Morgan fingerprint density at radius 3 is 2.70 bits per heavy atom. The molecule has 1 aromatic heterocycles. The van der Waals surface area contributed by atoms with E-state index in [4.69, 9.17) is 9.72 Å². The van der Waals surface area contributed by atoms with Crippen LogP contribution in [0.15, 0.2) is 34.9 Å². The Kier molecular flexibility index (Phi) is 4.39. The summed E-state index contributed by atoms with van der Waals surface area (Å²) in [6.45, 7) is 3.24. The molecule has 20 heavy (non-hydrogen) atoms. The van der Waals surface area contributed by atoms with Gasteiger partial charge in [0, 0.05) is 0 Å². The van der Waals surface area contributed by atoms with Crippen molar-refractivity contribution in [3.05, 3.63) is 34.9 Å². The van der Waals surface area contributed by atoms with E-state index >= 15 is 0 Å². The number of nitrogens with zero attached hydrogens (tertiary/aromatic N) is 3. The summed E-state index contributed by atoms with van der Waals surface area (Å²) in [5.74, 6) is 1.69. The second kappa shape index (κ2) is 6.25. The predicted molar refractivity (Wildman–Crippen MR) is 83.6 cm³/mol. The van der Waals surface area contributed by atoms with Gasteiger partial charge in [-0.3, -0.25) is 0 Å². The molecule has 0 unspecified atom stereocenters. The predicted octanol–water partition coefficient (Wildman–Crippen LogP) is 1.54. The summed E-state index contributed by atoms with van der Waals surface area (Å²) in [7, 11) is 0. The Labute approximate surface area is 135 Å². The van der Waals surface area contributed by atoms with Crippen molar-refractivity contribution >= 4 is 43.0 Å². The van der Waals surface area contributed by atoms with Crippen LogP contribution in [0.4, 0.5) is 5.82 Å². The fraction of sp³-hybridized carbons (Fsp3) is 0.286. The average Bonchev–Trinajstić information content (AvgIpc) is 2.47. The summed E-state index contributed by atoms with van der Waals surface area (Å²) in [5, 5.41) is 0. The standard InChI is InChI=1S/C14H13AsBrN3O/c15-11-3-1-2-10(8-11)14-17-12(16)9-13(18-14)19-4-6-20-7-5-19/h1-3,8-9H,4-7H2. The van der Waals surface area contributed by atoms with E-state index in [-0.39, 0.29) is 0 Å². The van der Waals surface area contributed by atoms with Crippen molar-refractivity contribution in [2.24, 2.45) is 0 Å². The number of hydrogen-bond donors (Lipinski definition) is 0. The van der Waals surface area contributed by atoms with Crippen LogP contribution in [-0.2, 0) is 4.74 Å². The van der Waals surface area contributed by atoms with Crippen LogP contribution >= 0.6 is 15.9 Å². The monoisotopic (exact) mass is 393 g/mol. The van der Waals surface area contributed by atoms with E-state index in [2.05, 4.69) is 48.7 Å². The van der Waals surface area contributed by atoms with Gasteiger partial charge >= 0.3 is 135 Å². The first-order chi connectivity index (χ1) is 9.72. The van der Waals surface area contributed by atoms with Crippen molar-refractivity contribution < 1.29 is 4.74 Å². The maximum absolute atomic E-state index is 5.38. The van der Waals surface area contributed by atoms with E-state index in [0.29, 0.717) is 0 Å². The molecule has 0 amide bonds. The zero-order valence-corrected chi connectivity index (χ0v) is 14.3. The van der Waals surface area contributed by atoms with E-state index in [1.807, 2.05) is 24.3 Å². The Morgan fingerprint density at radius 2 is 1.95 bits per heavy atom. The van der Waals surface area contributed by atoms with Crippen molar-refractivity contribution in [2.45, 2.75) is 0 Å². The van der Waals surface area contributed by atoms with Crippen LogP contribution < -0.4 is 9.25 Å². The minimum absolute atomic E-state index is 0.744. The summed E-state index contributed by atoms with van der Waals surface area (Å²) < 4.78 is 7.33. The van der Waals surface area contributed by atoms with Crippen LogP contribution in [0.2, 0.25) is 0 Å². The second-order valence-electron chi connectivity index (χ2n) is 4.52. The summed E-state index contributed by atoms with van der Waals surface area (Å²) in [5.41, 5.74) is 1.03. The molecule has 0 spiro atoms. The number of aromatic nitrogens is 2. The molecule has 2 radical (unpaired) electrons. The number of rotatable bonds is 2. The second-order valence-corrected chi connectivity index (χ2v) is 6.42. The molecule has 0 bridgehead atoms. The van der Waals surface area contributed by atoms with Crippen LogP contribution in [0.5, 0.6) is 0 Å². The Morgan fingerprint density at radius 1 is 1.15 bits per heavy atom. The third-order valence-electron chi connectivity index (χ3n) is 3.12. The first-order valence-electron chi connectivity index (χ1n) is 6.39. The summed E-state index contributed by atoms with van der Waals surface area (Å²) in [6.07, 6.45) is 0. The number of hydrogen-bond acceptors (Lipinski definition) is 4. The quantitative estimate of drug-likeness (QED) is 0.573. The van der Waals surface area contributed by atoms with Crippen molar-refractivity contribution in [3.8, 4) is 11.4 Å². The molecule has 0 aliphatic carbocycles. The molecule has 0 saturated carbocycles. The first kappa shape index (κ1) is 14.1. The molecule has 3 rings (SSSR count). The van der Waals surface area contributed by atoms with Gasteiger partial charge in [0.15, 0.2) is 0 Å². The molecule has 1 aliphatic rings. The molecule has 2 heterocycles. The zero-order valence-electron chi connectivity index (χ0n) is 10.8. The van der Waals surface area contributed by atoms with Crippen molar-refractivity contribution in [2.75, 3.05) is 31.2 Å². The van der Waals surface area contributed by atoms with Gasteiger partial charge in [-0.25, -0.2) is 0 Å². The van der Waals surface area contributed by atoms with Gasteiger partial charge in [0.2, 0.25) is 0 Å². The number of morpholine rings is 1. The molecule has 1 saturated heterocycles. The van der Waals surface area contributed by atoms with Gasteiger partial charge in [0.05, 0.1) is 0 Å². The zero-order chi connectivity index (χ0) is 13.9. The van der Waals surface area contributed by atoms with Gasteiger partial charge < -0.3 is 0 Å². The van der Waals surface area contributed by atoms with Crippen LogP contribution in [0, 0.1) is 0 Å². The third-order valence-corrected chi connectivity index (χ3v) is 4.11. The SMILES string of the molecule is [As]c1cccc(-c2nc(Br)cc(N3CCOCC3)n2)c1. The van der Waals surface area contributed by atoms with E-state index in [1.165, 1.54) is 0 Å². The van der Waals surface area contributed by atoms with E-state index in [9.17, 15) is 0 Å². The number of benzene rings is 1. The van der Waals surface area contributed by atoms with Crippen molar-refractivity contribution in [1.29, 1.82) is 0 Å². The third kappa shape index (κ3) is 3.22. The van der Waals surface area contributed by atoms with Crippen LogP contribution in [-0.4, -0.2) is 53.1 Å². The molecule has 0 N–H and O–H groups in total. The average molecular weight is 394 g/mol. The van der Waals surface area contributed by atoms with Crippen LogP contribution in [0.3, 0.4) is 0 Å². The number of halogens is 1. The molecule has 6 heteroatoms. The summed E-state index contributed by atoms with van der Waals surface area (Å²) in [4.78, 5) is 11.4. The van der Waals surface area contributed by atoms with Gasteiger partial charge in [0.25, 0.3) is 0 Å². The van der Waals surface area contributed by atoms with Crippen LogP contribution in [0.25, 0.3) is 11.4 Å². The fourth-order valence-electron chi connectivity index (χ4n) is 2.13. The summed E-state index contributed by atoms with van der Waals surface area (Å²) >= 11 is 6.02. The van der Waals surface area contributed by atoms with Gasteiger partial charge in [-0.2, -0.15) is 0 Å². The topological polar surface area (TPSA) is 38.2 Å². The molecule has 102 valence electrons. The first-order valence-corrected chi connectivity index (χ1v) is 8.12. The van der Waals surface area contributed by atoms with E-state index in [0.717, 1.165) is 52.5 Å². The van der Waals surface area contributed by atoms with Gasteiger partial charge in [-0.05, 0) is 0 Å². The number of anilines is 1. The molecule has 4 nitrogen and oxygen atoms in total. The number of ether oxygens (including phenoxy) is 1. The molecular formula is C14H13AsBrN3O. The normalized spacial score (nSPS) is 15.4. The van der Waals surface area contributed by atoms with Crippen molar-refractivity contribution in [1.82, 2.24) is 9.97 Å². The Balaban J connectivity index is 1.97. The van der Waals surface area contributed by atoms with Crippen molar-refractivity contribution in [3.63, 3.8) is 0 Å². The molecule has 0 atom stereocenters. The molecule has 1 aromatic carbocycles. The van der Waals surface area contributed by atoms with Crippen LogP contribution in [0.1, 0.15) is 0 Å². The van der Waals surface area contributed by atoms with Gasteiger partial charge in [-0.1, -0.05) is 0 Å².